The predicted molar refractivity (Wildman–Crippen MR) is 69.9 cm³/mol. The van der Waals surface area contributed by atoms with E-state index in [9.17, 15) is 8.78 Å². The molecule has 0 N–H and O–H groups in total. The number of rotatable bonds is 3. The summed E-state index contributed by atoms with van der Waals surface area (Å²) >= 11 is 6.31. The van der Waals surface area contributed by atoms with Gasteiger partial charge in [-0.25, -0.2) is 8.78 Å². The molecule has 0 saturated heterocycles. The summed E-state index contributed by atoms with van der Waals surface area (Å²) < 4.78 is 26.6. The molecule has 18 heavy (non-hydrogen) atoms. The van der Waals surface area contributed by atoms with Crippen LogP contribution in [0.5, 0.6) is 0 Å². The SMILES string of the molecule is CCc1ccccc1C(Cl)c1ccc(F)cc1F. The first-order valence-electron chi connectivity index (χ1n) is 5.80. The summed E-state index contributed by atoms with van der Waals surface area (Å²) in [6.07, 6.45) is 0.822. The number of hydrogen-bond acceptors (Lipinski definition) is 0. The zero-order chi connectivity index (χ0) is 13.1. The van der Waals surface area contributed by atoms with Gasteiger partial charge < -0.3 is 0 Å². The van der Waals surface area contributed by atoms with Gasteiger partial charge in [0.1, 0.15) is 11.6 Å². The number of halogens is 3. The summed E-state index contributed by atoms with van der Waals surface area (Å²) in [6, 6.07) is 11.1. The Bertz CT molecular complexity index is 552. The van der Waals surface area contributed by atoms with E-state index in [1.165, 1.54) is 12.1 Å². The Balaban J connectivity index is 2.44. The molecule has 0 bridgehead atoms. The highest BCUT2D eigenvalue weighted by Gasteiger charge is 2.17. The summed E-state index contributed by atoms with van der Waals surface area (Å²) in [5, 5.41) is -0.596. The maximum absolute atomic E-state index is 13.7. The van der Waals surface area contributed by atoms with Gasteiger partial charge in [0.2, 0.25) is 0 Å². The summed E-state index contributed by atoms with van der Waals surface area (Å²) in [5.41, 5.74) is 2.24. The van der Waals surface area contributed by atoms with Crippen molar-refractivity contribution in [3.05, 3.63) is 70.8 Å². The van der Waals surface area contributed by atoms with Crippen molar-refractivity contribution in [2.75, 3.05) is 0 Å². The number of benzene rings is 2. The van der Waals surface area contributed by atoms with Gasteiger partial charge in [-0.1, -0.05) is 37.3 Å². The second kappa shape index (κ2) is 5.49. The predicted octanol–water partition coefficient (Wildman–Crippen LogP) is 4.86. The molecular formula is C15H13ClF2. The minimum atomic E-state index is -0.610. The lowest BCUT2D eigenvalue weighted by Gasteiger charge is -2.15. The van der Waals surface area contributed by atoms with E-state index < -0.39 is 17.0 Å². The molecule has 3 heteroatoms. The number of aryl methyl sites for hydroxylation is 1. The molecule has 2 aromatic rings. The number of hydrogen-bond donors (Lipinski definition) is 0. The highest BCUT2D eigenvalue weighted by atomic mass is 35.5. The molecule has 0 aliphatic rings. The molecule has 0 nitrogen and oxygen atoms in total. The number of alkyl halides is 1. The molecule has 0 fully saturated rings. The van der Waals surface area contributed by atoms with Gasteiger partial charge in [-0.3, -0.25) is 0 Å². The first-order valence-corrected chi connectivity index (χ1v) is 6.24. The van der Waals surface area contributed by atoms with Crippen LogP contribution in [0.4, 0.5) is 8.78 Å². The minimum Gasteiger partial charge on any atom is -0.207 e. The molecule has 2 aromatic carbocycles. The van der Waals surface area contributed by atoms with Crippen LogP contribution in [0.15, 0.2) is 42.5 Å². The highest BCUT2D eigenvalue weighted by molar-refractivity contribution is 6.22. The van der Waals surface area contributed by atoms with Crippen LogP contribution in [0.25, 0.3) is 0 Å². The Morgan fingerprint density at radius 2 is 1.78 bits per heavy atom. The van der Waals surface area contributed by atoms with Gasteiger partial charge >= 0.3 is 0 Å². The van der Waals surface area contributed by atoms with E-state index >= 15 is 0 Å². The lowest BCUT2D eigenvalue weighted by atomic mass is 9.97. The second-order valence-corrected chi connectivity index (χ2v) is 4.52. The van der Waals surface area contributed by atoms with Crippen molar-refractivity contribution in [2.45, 2.75) is 18.7 Å². The zero-order valence-corrected chi connectivity index (χ0v) is 10.7. The Labute approximate surface area is 110 Å². The molecule has 0 aromatic heterocycles. The fourth-order valence-electron chi connectivity index (χ4n) is 1.98. The van der Waals surface area contributed by atoms with Crippen molar-refractivity contribution in [2.24, 2.45) is 0 Å². The van der Waals surface area contributed by atoms with Gasteiger partial charge in [0.05, 0.1) is 5.38 Å². The Morgan fingerprint density at radius 3 is 2.44 bits per heavy atom. The molecule has 94 valence electrons. The first kappa shape index (κ1) is 13.0. The maximum Gasteiger partial charge on any atom is 0.131 e. The minimum absolute atomic E-state index is 0.305. The van der Waals surface area contributed by atoms with Crippen molar-refractivity contribution in [1.82, 2.24) is 0 Å². The van der Waals surface area contributed by atoms with Crippen molar-refractivity contribution < 1.29 is 8.78 Å². The van der Waals surface area contributed by atoms with E-state index in [2.05, 4.69) is 0 Å². The van der Waals surface area contributed by atoms with Gasteiger partial charge in [0, 0.05) is 11.6 Å². The maximum atomic E-state index is 13.7. The first-order chi connectivity index (χ1) is 8.63. The summed E-state index contributed by atoms with van der Waals surface area (Å²) in [6.45, 7) is 2.02. The van der Waals surface area contributed by atoms with E-state index in [4.69, 9.17) is 11.6 Å². The molecule has 2 rings (SSSR count). The molecular weight excluding hydrogens is 254 g/mol. The van der Waals surface area contributed by atoms with Crippen LogP contribution in [-0.4, -0.2) is 0 Å². The van der Waals surface area contributed by atoms with Gasteiger partial charge in [-0.15, -0.1) is 11.6 Å². The lowest BCUT2D eigenvalue weighted by molar-refractivity contribution is 0.573. The largest absolute Gasteiger partial charge is 0.207 e. The van der Waals surface area contributed by atoms with Crippen LogP contribution < -0.4 is 0 Å². The Kier molecular flexibility index (Phi) is 3.97. The fourth-order valence-corrected chi connectivity index (χ4v) is 2.37. The Hall–Kier alpha value is -1.41. The standard InChI is InChI=1S/C15H13ClF2/c1-2-10-5-3-4-6-12(10)15(16)13-8-7-11(17)9-14(13)18/h3-9,15H,2H2,1H3. The molecule has 0 amide bonds. The molecule has 1 unspecified atom stereocenters. The topological polar surface area (TPSA) is 0 Å². The molecule has 0 radical (unpaired) electrons. The van der Waals surface area contributed by atoms with Crippen LogP contribution in [0, 0.1) is 11.6 Å². The summed E-state index contributed by atoms with van der Waals surface area (Å²) in [4.78, 5) is 0. The van der Waals surface area contributed by atoms with Gasteiger partial charge in [0.25, 0.3) is 0 Å². The molecule has 0 saturated carbocycles. The summed E-state index contributed by atoms with van der Waals surface area (Å²) in [5.74, 6) is -1.20. The summed E-state index contributed by atoms with van der Waals surface area (Å²) in [7, 11) is 0. The third kappa shape index (κ3) is 2.54. The fraction of sp³-hybridized carbons (Fsp3) is 0.200. The molecule has 0 heterocycles. The average Bonchev–Trinajstić information content (AvgIpc) is 2.38. The van der Waals surface area contributed by atoms with E-state index in [0.29, 0.717) is 5.56 Å². The van der Waals surface area contributed by atoms with Crippen molar-refractivity contribution in [3.8, 4) is 0 Å². The molecule has 1 atom stereocenters. The molecule has 0 aliphatic carbocycles. The monoisotopic (exact) mass is 266 g/mol. The van der Waals surface area contributed by atoms with E-state index in [1.807, 2.05) is 31.2 Å². The van der Waals surface area contributed by atoms with E-state index in [-0.39, 0.29) is 0 Å². The Morgan fingerprint density at radius 1 is 1.06 bits per heavy atom. The van der Waals surface area contributed by atoms with Gasteiger partial charge in [0.15, 0.2) is 0 Å². The van der Waals surface area contributed by atoms with Crippen LogP contribution in [0.1, 0.15) is 29.0 Å². The quantitative estimate of drug-likeness (QED) is 0.696. The lowest BCUT2D eigenvalue weighted by Crippen LogP contribution is -2.01. The highest BCUT2D eigenvalue weighted by Crippen LogP contribution is 2.33. The normalized spacial score (nSPS) is 12.4. The smallest absolute Gasteiger partial charge is 0.131 e. The third-order valence-corrected chi connectivity index (χ3v) is 3.41. The average molecular weight is 267 g/mol. The van der Waals surface area contributed by atoms with Crippen LogP contribution >= 0.6 is 11.6 Å². The van der Waals surface area contributed by atoms with Crippen LogP contribution in [0.2, 0.25) is 0 Å². The van der Waals surface area contributed by atoms with Gasteiger partial charge in [-0.05, 0) is 23.6 Å². The van der Waals surface area contributed by atoms with Crippen LogP contribution in [-0.2, 0) is 6.42 Å². The van der Waals surface area contributed by atoms with Crippen molar-refractivity contribution in [3.63, 3.8) is 0 Å². The zero-order valence-electron chi connectivity index (χ0n) is 9.96. The van der Waals surface area contributed by atoms with Gasteiger partial charge in [-0.2, -0.15) is 0 Å². The third-order valence-electron chi connectivity index (χ3n) is 2.94. The molecule has 0 spiro atoms. The second-order valence-electron chi connectivity index (χ2n) is 4.08. The molecule has 0 aliphatic heterocycles. The van der Waals surface area contributed by atoms with Crippen LogP contribution in [0.3, 0.4) is 0 Å². The van der Waals surface area contributed by atoms with E-state index in [1.54, 1.807) is 0 Å². The van der Waals surface area contributed by atoms with E-state index in [0.717, 1.165) is 23.6 Å². The van der Waals surface area contributed by atoms with Crippen molar-refractivity contribution >= 4 is 11.6 Å². The van der Waals surface area contributed by atoms with Crippen molar-refractivity contribution in [1.29, 1.82) is 0 Å².